The summed E-state index contributed by atoms with van der Waals surface area (Å²) in [6.07, 6.45) is 1.14. The third kappa shape index (κ3) is 4.73. The van der Waals surface area contributed by atoms with Gasteiger partial charge < -0.3 is 0 Å². The van der Waals surface area contributed by atoms with E-state index in [4.69, 9.17) is 0 Å². The van der Waals surface area contributed by atoms with E-state index in [1.807, 2.05) is 0 Å². The minimum atomic E-state index is 0. The molecule has 30 heavy (non-hydrogen) atoms. The van der Waals surface area contributed by atoms with Crippen molar-refractivity contribution in [2.45, 2.75) is 18.4 Å². The van der Waals surface area contributed by atoms with Crippen LogP contribution in [0.3, 0.4) is 0 Å². The topological polar surface area (TPSA) is 6.48 Å². The summed E-state index contributed by atoms with van der Waals surface area (Å²) >= 11 is 0. The number of benzene rings is 3. The van der Waals surface area contributed by atoms with Crippen LogP contribution >= 0.6 is 24.8 Å². The Bertz CT molecular complexity index is 917. The van der Waals surface area contributed by atoms with Crippen LogP contribution in [-0.4, -0.2) is 42.5 Å². The summed E-state index contributed by atoms with van der Waals surface area (Å²) in [6, 6.07) is 31.6. The van der Waals surface area contributed by atoms with Crippen LogP contribution in [0.5, 0.6) is 0 Å². The Hall–Kier alpha value is -1.84. The number of nitrogens with zero attached hydrogens (tertiary/aromatic N) is 2. The quantitative estimate of drug-likeness (QED) is 0.522. The molecule has 0 unspecified atom stereocenters. The van der Waals surface area contributed by atoms with Gasteiger partial charge in [0.05, 0.1) is 0 Å². The average molecular weight is 441 g/mol. The number of rotatable bonds is 4. The fraction of sp³-hybridized carbons (Fsp3) is 0.308. The number of hydrogen-bond donors (Lipinski definition) is 0. The molecular weight excluding hydrogens is 411 g/mol. The van der Waals surface area contributed by atoms with Crippen molar-refractivity contribution in [3.05, 3.63) is 107 Å². The van der Waals surface area contributed by atoms with Crippen molar-refractivity contribution in [2.75, 3.05) is 32.7 Å². The summed E-state index contributed by atoms with van der Waals surface area (Å²) in [5.41, 5.74) is 5.95. The molecule has 0 aromatic heterocycles. The highest BCUT2D eigenvalue weighted by Gasteiger charge is 2.36. The molecule has 3 aromatic carbocycles. The molecule has 2 heterocycles. The zero-order valence-corrected chi connectivity index (χ0v) is 18.8. The van der Waals surface area contributed by atoms with Crippen molar-refractivity contribution in [2.24, 2.45) is 0 Å². The number of piperazine rings is 1. The fourth-order valence-corrected chi connectivity index (χ4v) is 4.96. The Balaban J connectivity index is 0.00000128. The van der Waals surface area contributed by atoms with Crippen LogP contribution < -0.4 is 0 Å². The molecule has 0 spiro atoms. The number of halogens is 2. The van der Waals surface area contributed by atoms with Crippen LogP contribution in [0.4, 0.5) is 0 Å². The highest BCUT2D eigenvalue weighted by Crippen LogP contribution is 2.40. The molecule has 0 N–H and O–H groups in total. The zero-order chi connectivity index (χ0) is 18.8. The largest absolute Gasteiger partial charge is 0.300 e. The van der Waals surface area contributed by atoms with Crippen molar-refractivity contribution in [1.29, 1.82) is 0 Å². The van der Waals surface area contributed by atoms with E-state index >= 15 is 0 Å². The van der Waals surface area contributed by atoms with E-state index < -0.39 is 0 Å². The summed E-state index contributed by atoms with van der Waals surface area (Å²) in [7, 11) is 0. The highest BCUT2D eigenvalue weighted by atomic mass is 35.5. The first kappa shape index (κ1) is 22.8. The van der Waals surface area contributed by atoms with Gasteiger partial charge in [-0.3, -0.25) is 9.80 Å². The van der Waals surface area contributed by atoms with E-state index in [0.717, 1.165) is 32.6 Å². The maximum atomic E-state index is 2.72. The molecule has 0 radical (unpaired) electrons. The predicted octanol–water partition coefficient (Wildman–Crippen LogP) is 5.58. The van der Waals surface area contributed by atoms with Gasteiger partial charge in [0.1, 0.15) is 0 Å². The van der Waals surface area contributed by atoms with E-state index in [1.165, 1.54) is 28.8 Å². The standard InChI is InChI=1S/C26H28N2.2ClH/c1-3-9-21(10-4-1)15-16-27-17-18-28-19-25(22-11-5-2-6-12-22)23-13-7-8-14-24(23)26(28)20-27;;/h1-14,25-26H,15-20H2;2*1H/t25-,26+;;/m0../s1. The first-order valence-electron chi connectivity index (χ1n) is 10.5. The molecular formula is C26H30Cl2N2. The summed E-state index contributed by atoms with van der Waals surface area (Å²) in [6.45, 7) is 5.77. The molecule has 3 aromatic rings. The van der Waals surface area contributed by atoms with E-state index in [9.17, 15) is 0 Å². The zero-order valence-electron chi connectivity index (χ0n) is 17.2. The van der Waals surface area contributed by atoms with Crippen molar-refractivity contribution in [3.8, 4) is 0 Å². The lowest BCUT2D eigenvalue weighted by molar-refractivity contribution is 0.0633. The fourth-order valence-electron chi connectivity index (χ4n) is 4.96. The van der Waals surface area contributed by atoms with Gasteiger partial charge in [0.25, 0.3) is 0 Å². The summed E-state index contributed by atoms with van der Waals surface area (Å²) in [4.78, 5) is 5.38. The van der Waals surface area contributed by atoms with Gasteiger partial charge in [-0.1, -0.05) is 84.9 Å². The van der Waals surface area contributed by atoms with Crippen molar-refractivity contribution < 1.29 is 0 Å². The Labute approximate surface area is 192 Å². The van der Waals surface area contributed by atoms with Gasteiger partial charge >= 0.3 is 0 Å². The van der Waals surface area contributed by atoms with Crippen molar-refractivity contribution in [1.82, 2.24) is 9.80 Å². The molecule has 2 atom stereocenters. The molecule has 0 saturated carbocycles. The van der Waals surface area contributed by atoms with E-state index in [0.29, 0.717) is 12.0 Å². The van der Waals surface area contributed by atoms with Gasteiger partial charge in [-0.25, -0.2) is 0 Å². The van der Waals surface area contributed by atoms with Crippen LogP contribution in [0.1, 0.15) is 34.2 Å². The molecule has 2 aliphatic rings. The Kier molecular flexibility index (Phi) is 7.96. The smallest absolute Gasteiger partial charge is 0.0479 e. The monoisotopic (exact) mass is 440 g/mol. The van der Waals surface area contributed by atoms with Crippen LogP contribution in [0.25, 0.3) is 0 Å². The highest BCUT2D eigenvalue weighted by molar-refractivity contribution is 5.85. The minimum Gasteiger partial charge on any atom is -0.300 e. The maximum absolute atomic E-state index is 2.72. The lowest BCUT2D eigenvalue weighted by atomic mass is 9.80. The van der Waals surface area contributed by atoms with Crippen LogP contribution in [0.2, 0.25) is 0 Å². The molecule has 1 saturated heterocycles. The first-order valence-corrected chi connectivity index (χ1v) is 10.5. The molecule has 158 valence electrons. The molecule has 2 nitrogen and oxygen atoms in total. The van der Waals surface area contributed by atoms with Crippen LogP contribution in [0.15, 0.2) is 84.9 Å². The van der Waals surface area contributed by atoms with Crippen molar-refractivity contribution in [3.63, 3.8) is 0 Å². The third-order valence-electron chi connectivity index (χ3n) is 6.48. The number of fused-ring (bicyclic) bond motifs is 3. The number of hydrogen-bond acceptors (Lipinski definition) is 2. The van der Waals surface area contributed by atoms with Crippen LogP contribution in [0, 0.1) is 0 Å². The second-order valence-electron chi connectivity index (χ2n) is 8.14. The molecule has 0 bridgehead atoms. The van der Waals surface area contributed by atoms with Crippen LogP contribution in [-0.2, 0) is 6.42 Å². The van der Waals surface area contributed by atoms with Gasteiger partial charge in [-0.05, 0) is 28.7 Å². The van der Waals surface area contributed by atoms with Gasteiger partial charge in [-0.2, -0.15) is 0 Å². The third-order valence-corrected chi connectivity index (χ3v) is 6.48. The van der Waals surface area contributed by atoms with Gasteiger partial charge in [0.15, 0.2) is 0 Å². The minimum absolute atomic E-state index is 0. The summed E-state index contributed by atoms with van der Waals surface area (Å²) in [5.74, 6) is 0.490. The molecule has 1 fully saturated rings. The van der Waals surface area contributed by atoms with Gasteiger partial charge in [0.2, 0.25) is 0 Å². The Morgan fingerprint density at radius 1 is 0.667 bits per heavy atom. The first-order chi connectivity index (χ1) is 13.9. The second kappa shape index (κ2) is 10.5. The van der Waals surface area contributed by atoms with Gasteiger partial charge in [0, 0.05) is 44.7 Å². The lowest BCUT2D eigenvalue weighted by Crippen LogP contribution is -2.52. The Morgan fingerprint density at radius 3 is 2.03 bits per heavy atom. The Morgan fingerprint density at radius 2 is 1.30 bits per heavy atom. The maximum Gasteiger partial charge on any atom is 0.0479 e. The van der Waals surface area contributed by atoms with E-state index in [1.54, 1.807) is 0 Å². The lowest BCUT2D eigenvalue weighted by Gasteiger charge is -2.47. The SMILES string of the molecule is Cl.Cl.c1ccc(CCN2CCN3C[C@@H](c4ccccc4)c4ccccc4[C@H]3C2)cc1. The predicted molar refractivity (Wildman–Crippen MR) is 130 cm³/mol. The average Bonchev–Trinajstić information content (AvgIpc) is 2.78. The second-order valence-corrected chi connectivity index (χ2v) is 8.14. The molecule has 5 rings (SSSR count). The van der Waals surface area contributed by atoms with E-state index in [-0.39, 0.29) is 24.8 Å². The summed E-state index contributed by atoms with van der Waals surface area (Å²) < 4.78 is 0. The molecule has 4 heteroatoms. The van der Waals surface area contributed by atoms with Gasteiger partial charge in [-0.15, -0.1) is 24.8 Å². The molecule has 0 aliphatic carbocycles. The van der Waals surface area contributed by atoms with Crippen molar-refractivity contribution >= 4 is 24.8 Å². The summed E-state index contributed by atoms with van der Waals surface area (Å²) in [5, 5.41) is 0. The normalized spacial score (nSPS) is 20.9. The molecule has 2 aliphatic heterocycles. The van der Waals surface area contributed by atoms with E-state index in [2.05, 4.69) is 94.7 Å². The molecule has 0 amide bonds.